The Kier molecular flexibility index (Phi) is 14.7. The van der Waals surface area contributed by atoms with Crippen molar-refractivity contribution in [2.45, 2.75) is 82.4 Å². The first kappa shape index (κ1) is 25.5. The van der Waals surface area contributed by atoms with E-state index < -0.39 is 24.2 Å². The van der Waals surface area contributed by atoms with Crippen molar-refractivity contribution in [3.05, 3.63) is 36.5 Å². The molecular weight excluding hydrogens is 352 g/mol. The van der Waals surface area contributed by atoms with Crippen LogP contribution in [-0.2, 0) is 4.79 Å². The Morgan fingerprint density at radius 2 is 1.67 bits per heavy atom. The molecule has 7 heteroatoms. The van der Waals surface area contributed by atoms with Gasteiger partial charge in [0.25, 0.3) is 5.97 Å². The zero-order valence-electron chi connectivity index (χ0n) is 15.7. The molecule has 0 amide bonds. The molecule has 0 spiro atoms. The van der Waals surface area contributed by atoms with Gasteiger partial charge in [-0.3, -0.25) is 0 Å². The average molecular weight is 385 g/mol. The fourth-order valence-corrected chi connectivity index (χ4v) is 2.32. The predicted octanol–water partition coefficient (Wildman–Crippen LogP) is 0.658. The van der Waals surface area contributed by atoms with Crippen LogP contribution in [0.3, 0.4) is 0 Å². The number of carbonyl (C=O) groups is 1. The van der Waals surface area contributed by atoms with Crippen LogP contribution in [0.4, 0.5) is 0 Å². The summed E-state index contributed by atoms with van der Waals surface area (Å²) in [6, 6.07) is 0. The second-order valence-electron chi connectivity index (χ2n) is 6.60. The van der Waals surface area contributed by atoms with Crippen molar-refractivity contribution >= 4 is 5.97 Å². The third-order valence-corrected chi connectivity index (χ3v) is 3.84. The quantitative estimate of drug-likeness (QED) is 0.114. The first-order valence-electron chi connectivity index (χ1n) is 9.42. The molecule has 0 aliphatic heterocycles. The molecule has 0 saturated heterocycles. The van der Waals surface area contributed by atoms with Crippen LogP contribution < -0.4 is 5.11 Å². The molecule has 156 valence electrons. The van der Waals surface area contributed by atoms with Crippen LogP contribution in [-0.4, -0.2) is 49.7 Å². The maximum atomic E-state index is 10.3. The van der Waals surface area contributed by atoms with E-state index in [9.17, 15) is 20.1 Å². The molecule has 0 unspecified atom stereocenters. The monoisotopic (exact) mass is 385 g/mol. The van der Waals surface area contributed by atoms with Crippen LogP contribution in [0.1, 0.15) is 64.2 Å². The van der Waals surface area contributed by atoms with Gasteiger partial charge in [-0.05, 0) is 57.8 Å². The van der Waals surface area contributed by atoms with E-state index in [1.807, 2.05) is 18.2 Å². The zero-order valence-corrected chi connectivity index (χ0v) is 15.7. The number of unbranched alkanes of at least 4 members (excludes halogenated alkanes) is 2. The Bertz CT molecular complexity index is 463. The van der Waals surface area contributed by atoms with Crippen molar-refractivity contribution in [1.29, 1.82) is 0 Å². The highest BCUT2D eigenvalue weighted by atomic mass is 16.7. The van der Waals surface area contributed by atoms with Crippen molar-refractivity contribution in [1.82, 2.24) is 0 Å². The van der Waals surface area contributed by atoms with Gasteiger partial charge in [-0.25, -0.2) is 0 Å². The van der Waals surface area contributed by atoms with Crippen LogP contribution in [0.2, 0.25) is 0 Å². The molecular formula is C20H33O7-. The van der Waals surface area contributed by atoms with E-state index in [0.717, 1.165) is 12.8 Å². The number of carboxylic acids is 1. The maximum Gasteiger partial charge on any atom is 0.275 e. The Balaban J connectivity index is 3.67. The third kappa shape index (κ3) is 20.7. The molecule has 0 aromatic carbocycles. The predicted molar refractivity (Wildman–Crippen MR) is 100.0 cm³/mol. The highest BCUT2D eigenvalue weighted by Gasteiger charge is 2.16. The SMILES string of the molecule is O=C([O-])CCC[C@H](O)/C=C\C=C\CC[C@H](O)C/C=C\CCCCC(O)(O)O. The van der Waals surface area contributed by atoms with Gasteiger partial charge < -0.3 is 35.4 Å². The van der Waals surface area contributed by atoms with E-state index in [0.29, 0.717) is 38.5 Å². The van der Waals surface area contributed by atoms with Gasteiger partial charge in [0, 0.05) is 12.4 Å². The highest BCUT2D eigenvalue weighted by Crippen LogP contribution is 2.10. The molecule has 0 aromatic rings. The minimum absolute atomic E-state index is 0.0538. The summed E-state index contributed by atoms with van der Waals surface area (Å²) in [6.45, 7) is 0. The Morgan fingerprint density at radius 1 is 0.926 bits per heavy atom. The van der Waals surface area contributed by atoms with Gasteiger partial charge in [-0.1, -0.05) is 36.5 Å². The lowest BCUT2D eigenvalue weighted by Gasteiger charge is -2.12. The summed E-state index contributed by atoms with van der Waals surface area (Å²) in [5, 5.41) is 55.9. The van der Waals surface area contributed by atoms with E-state index in [2.05, 4.69) is 0 Å². The summed E-state index contributed by atoms with van der Waals surface area (Å²) < 4.78 is 0. The number of hydrogen-bond donors (Lipinski definition) is 5. The highest BCUT2D eigenvalue weighted by molar-refractivity contribution is 5.64. The van der Waals surface area contributed by atoms with E-state index in [4.69, 9.17) is 15.3 Å². The number of rotatable bonds is 16. The number of aliphatic carboxylic acids is 1. The smallest absolute Gasteiger partial charge is 0.275 e. The van der Waals surface area contributed by atoms with Gasteiger partial charge >= 0.3 is 0 Å². The van der Waals surface area contributed by atoms with Crippen molar-refractivity contribution in [2.75, 3.05) is 0 Å². The van der Waals surface area contributed by atoms with Crippen LogP contribution in [0.25, 0.3) is 0 Å². The number of carboxylic acid groups (broad SMARTS) is 1. The van der Waals surface area contributed by atoms with Crippen molar-refractivity contribution < 1.29 is 35.4 Å². The summed E-state index contributed by atoms with van der Waals surface area (Å²) in [5.41, 5.74) is 0. The minimum atomic E-state index is -2.58. The molecule has 2 atom stereocenters. The summed E-state index contributed by atoms with van der Waals surface area (Å²) >= 11 is 0. The number of allylic oxidation sites excluding steroid dienone is 4. The summed E-state index contributed by atoms with van der Waals surface area (Å²) in [4.78, 5) is 10.3. The van der Waals surface area contributed by atoms with Crippen LogP contribution in [0.5, 0.6) is 0 Å². The number of aliphatic hydroxyl groups excluding tert-OH is 2. The van der Waals surface area contributed by atoms with Gasteiger partial charge in [-0.15, -0.1) is 0 Å². The largest absolute Gasteiger partial charge is 0.550 e. The Hall–Kier alpha value is -1.51. The standard InChI is InChI=1S/C20H34O7/c21-17(11-6-2-1-5-9-16-20(25,26)27)12-7-3-4-8-13-18(22)14-10-15-19(23)24/h2-4,6,8,13,17-18,21-22,25-27H,1,5,7,9-12,14-16H2,(H,23,24)/p-1/b4-3+,6-2-,13-8-/t17-,18-/m1/s1. The lowest BCUT2D eigenvalue weighted by atomic mass is 10.1. The molecule has 0 bridgehead atoms. The molecule has 5 N–H and O–H groups in total. The number of carbonyl (C=O) groups excluding carboxylic acids is 1. The fraction of sp³-hybridized carbons (Fsp3) is 0.650. The lowest BCUT2D eigenvalue weighted by Crippen LogP contribution is -2.26. The summed E-state index contributed by atoms with van der Waals surface area (Å²) in [5.74, 6) is -3.70. The van der Waals surface area contributed by atoms with Crippen LogP contribution in [0.15, 0.2) is 36.5 Å². The maximum absolute atomic E-state index is 10.3. The third-order valence-electron chi connectivity index (χ3n) is 3.84. The molecule has 7 nitrogen and oxygen atoms in total. The zero-order chi connectivity index (χ0) is 20.5. The molecule has 0 radical (unpaired) electrons. The van der Waals surface area contributed by atoms with Gasteiger partial charge in [0.1, 0.15) is 0 Å². The van der Waals surface area contributed by atoms with Gasteiger partial charge in [0.05, 0.1) is 12.2 Å². The summed E-state index contributed by atoms with van der Waals surface area (Å²) in [6.07, 6.45) is 14.1. The van der Waals surface area contributed by atoms with Crippen LogP contribution >= 0.6 is 0 Å². The van der Waals surface area contributed by atoms with Gasteiger partial charge in [0.15, 0.2) is 0 Å². The van der Waals surface area contributed by atoms with Gasteiger partial charge in [-0.2, -0.15) is 0 Å². The first-order chi connectivity index (χ1) is 12.7. The second kappa shape index (κ2) is 15.5. The molecule has 0 aliphatic rings. The number of hydrogen-bond acceptors (Lipinski definition) is 7. The molecule has 0 rings (SSSR count). The first-order valence-corrected chi connectivity index (χ1v) is 9.42. The second-order valence-corrected chi connectivity index (χ2v) is 6.60. The minimum Gasteiger partial charge on any atom is -0.550 e. The van der Waals surface area contributed by atoms with Crippen molar-refractivity contribution in [2.24, 2.45) is 0 Å². The molecule has 27 heavy (non-hydrogen) atoms. The van der Waals surface area contributed by atoms with E-state index in [1.54, 1.807) is 18.2 Å². The fourth-order valence-electron chi connectivity index (χ4n) is 2.32. The summed E-state index contributed by atoms with van der Waals surface area (Å²) in [7, 11) is 0. The number of aliphatic hydroxyl groups is 5. The average Bonchev–Trinajstić information content (AvgIpc) is 2.55. The lowest BCUT2D eigenvalue weighted by molar-refractivity contribution is -0.315. The topological polar surface area (TPSA) is 141 Å². The van der Waals surface area contributed by atoms with E-state index in [1.165, 1.54) is 0 Å². The molecule has 0 aromatic heterocycles. The van der Waals surface area contributed by atoms with Gasteiger partial charge in [0.2, 0.25) is 0 Å². The van der Waals surface area contributed by atoms with E-state index >= 15 is 0 Å². The molecule has 0 aliphatic carbocycles. The Labute approximate surface area is 161 Å². The van der Waals surface area contributed by atoms with Crippen LogP contribution in [0, 0.1) is 0 Å². The van der Waals surface area contributed by atoms with E-state index in [-0.39, 0.29) is 12.8 Å². The molecule has 0 saturated carbocycles. The van der Waals surface area contributed by atoms with Crippen molar-refractivity contribution in [3.8, 4) is 0 Å². The molecule has 0 heterocycles. The normalized spacial score (nSPS) is 15.1. The Morgan fingerprint density at radius 3 is 2.33 bits per heavy atom. The molecule has 0 fully saturated rings. The van der Waals surface area contributed by atoms with Crippen molar-refractivity contribution in [3.63, 3.8) is 0 Å².